The van der Waals surface area contributed by atoms with Gasteiger partial charge in [-0.3, -0.25) is 4.57 Å². The number of sulfonamides is 1. The molecule has 4 aromatic rings. The Labute approximate surface area is 283 Å². The molecule has 248 valence electrons. The van der Waals surface area contributed by atoms with E-state index in [4.69, 9.17) is 16.3 Å². The van der Waals surface area contributed by atoms with Crippen molar-refractivity contribution in [2.45, 2.75) is 48.4 Å². The van der Waals surface area contributed by atoms with Crippen LogP contribution in [-0.2, 0) is 21.2 Å². The van der Waals surface area contributed by atoms with Crippen LogP contribution in [0.15, 0.2) is 107 Å². The number of methoxy groups -OCH3 is 1. The van der Waals surface area contributed by atoms with Gasteiger partial charge in [0.05, 0.1) is 23.9 Å². The Kier molecular flexibility index (Phi) is 11.8. The van der Waals surface area contributed by atoms with Crippen molar-refractivity contribution >= 4 is 33.4 Å². The van der Waals surface area contributed by atoms with Gasteiger partial charge in [-0.15, -0.1) is 0 Å². The number of aromatic nitrogens is 2. The molecule has 0 aliphatic heterocycles. The van der Waals surface area contributed by atoms with Crippen molar-refractivity contribution in [3.63, 3.8) is 0 Å². The van der Waals surface area contributed by atoms with Crippen LogP contribution in [0.25, 0.3) is 5.69 Å². The molecule has 0 radical (unpaired) electrons. The molecule has 0 saturated heterocycles. The van der Waals surface area contributed by atoms with Gasteiger partial charge in [-0.25, -0.2) is 31.3 Å². The minimum absolute atomic E-state index is 0.0150. The van der Waals surface area contributed by atoms with Crippen LogP contribution in [0.3, 0.4) is 0 Å². The summed E-state index contributed by atoms with van der Waals surface area (Å²) in [5.41, 5.74) is 2.31. The van der Waals surface area contributed by atoms with Crippen molar-refractivity contribution in [2.75, 3.05) is 13.7 Å². The minimum atomic E-state index is -4.04. The van der Waals surface area contributed by atoms with E-state index >= 15 is 4.39 Å². The predicted octanol–water partition coefficient (Wildman–Crippen LogP) is 8.93. The molecule has 1 N–H and O–H groups in total. The number of rotatable bonds is 14. The molecule has 0 atom stereocenters. The Morgan fingerprint density at radius 3 is 2.47 bits per heavy atom. The molecule has 0 aliphatic rings. The fourth-order valence-electron chi connectivity index (χ4n) is 4.85. The van der Waals surface area contributed by atoms with Crippen molar-refractivity contribution in [1.82, 2.24) is 14.3 Å². The number of hydrogen-bond donors (Lipinski definition) is 1. The zero-order valence-electron chi connectivity index (χ0n) is 26.4. The average Bonchev–Trinajstić information content (AvgIpc) is 3.47. The normalized spacial score (nSPS) is 12.6. The summed E-state index contributed by atoms with van der Waals surface area (Å²) in [6.45, 7) is 9.45. The van der Waals surface area contributed by atoms with Gasteiger partial charge in [-0.2, -0.15) is 0 Å². The van der Waals surface area contributed by atoms with Crippen molar-refractivity contribution in [1.29, 1.82) is 0 Å². The molecule has 47 heavy (non-hydrogen) atoms. The van der Waals surface area contributed by atoms with Gasteiger partial charge in [0.25, 0.3) is 0 Å². The lowest BCUT2D eigenvalue weighted by molar-refractivity contribution is 0.384. The van der Waals surface area contributed by atoms with Gasteiger partial charge in [0, 0.05) is 34.0 Å². The van der Waals surface area contributed by atoms with Gasteiger partial charge in [0.15, 0.2) is 16.7 Å². The molecule has 3 aromatic carbocycles. The molecular weight excluding hydrogens is 667 g/mol. The summed E-state index contributed by atoms with van der Waals surface area (Å²) in [7, 11) is -2.65. The second-order valence-electron chi connectivity index (χ2n) is 11.0. The molecule has 1 heterocycles. The van der Waals surface area contributed by atoms with Crippen LogP contribution in [0.1, 0.15) is 44.0 Å². The SMILES string of the molecule is C=C/C=C\C(=C/C)CCNS(=O)(=O)c1cc(F)c(CSc2ncc(C(C)(C)c3ccc(F)c(OC)c3)n2-c2ccc(F)cc2)c(Cl)c1. The summed E-state index contributed by atoms with van der Waals surface area (Å²) in [6.07, 6.45) is 9.16. The van der Waals surface area contributed by atoms with Gasteiger partial charge in [0.2, 0.25) is 10.0 Å². The number of nitrogens with one attached hydrogen (secondary N) is 1. The molecule has 0 bridgehead atoms. The first-order valence-corrected chi connectivity index (χ1v) is 17.4. The summed E-state index contributed by atoms with van der Waals surface area (Å²) in [6, 6.07) is 12.6. The van der Waals surface area contributed by atoms with E-state index in [-0.39, 0.29) is 33.5 Å². The van der Waals surface area contributed by atoms with E-state index in [0.717, 1.165) is 17.2 Å². The number of ether oxygens (including phenoxy) is 1. The summed E-state index contributed by atoms with van der Waals surface area (Å²) in [5.74, 6) is -1.60. The van der Waals surface area contributed by atoms with E-state index < -0.39 is 32.9 Å². The average molecular weight is 702 g/mol. The first-order valence-electron chi connectivity index (χ1n) is 14.5. The molecule has 0 amide bonds. The Morgan fingerprint density at radius 1 is 1.11 bits per heavy atom. The Balaban J connectivity index is 1.62. The Morgan fingerprint density at radius 2 is 1.83 bits per heavy atom. The van der Waals surface area contributed by atoms with Gasteiger partial charge in [-0.1, -0.05) is 79.7 Å². The molecule has 6 nitrogen and oxygen atoms in total. The van der Waals surface area contributed by atoms with Gasteiger partial charge in [-0.05, 0) is 67.4 Å². The number of allylic oxidation sites excluding steroid dienone is 4. The molecule has 0 saturated carbocycles. The lowest BCUT2D eigenvalue weighted by atomic mass is 9.81. The molecule has 0 spiro atoms. The Bertz CT molecular complexity index is 1900. The zero-order chi connectivity index (χ0) is 34.4. The Hall–Kier alpha value is -3.77. The molecule has 4 rings (SSSR count). The summed E-state index contributed by atoms with van der Waals surface area (Å²) >= 11 is 7.63. The topological polar surface area (TPSA) is 73.2 Å². The third-order valence-electron chi connectivity index (χ3n) is 7.62. The first kappa shape index (κ1) is 36.1. The monoisotopic (exact) mass is 701 g/mol. The quantitative estimate of drug-likeness (QED) is 0.105. The second kappa shape index (κ2) is 15.4. The van der Waals surface area contributed by atoms with Gasteiger partial charge in [0.1, 0.15) is 11.6 Å². The van der Waals surface area contributed by atoms with Crippen molar-refractivity contribution in [2.24, 2.45) is 0 Å². The third kappa shape index (κ3) is 8.39. The van der Waals surface area contributed by atoms with E-state index in [0.29, 0.717) is 23.0 Å². The highest BCUT2D eigenvalue weighted by molar-refractivity contribution is 7.98. The maximum absolute atomic E-state index is 15.4. The standard InChI is InChI=1S/C35H35ClF3N3O3S2/c1-6-8-9-23(7-2)16-17-41-47(43,44)27-19-29(36)28(31(39)20-27)22-46-34-40-21-33(42(34)26-13-11-25(37)12-14-26)35(3,4)24-10-15-30(38)32(18-24)45-5/h6-15,18-21,41H,1,16-17,22H2,2-5H3/b9-8-,23-7+. The summed E-state index contributed by atoms with van der Waals surface area (Å²) in [4.78, 5) is 4.32. The maximum atomic E-state index is 15.4. The zero-order valence-corrected chi connectivity index (χ0v) is 28.7. The lowest BCUT2D eigenvalue weighted by Gasteiger charge is -2.28. The van der Waals surface area contributed by atoms with E-state index in [1.807, 2.05) is 37.5 Å². The number of thioether (sulfide) groups is 1. The molecule has 12 heteroatoms. The van der Waals surface area contributed by atoms with Crippen LogP contribution in [0, 0.1) is 17.5 Å². The highest BCUT2D eigenvalue weighted by Crippen LogP contribution is 2.39. The molecule has 1 aromatic heterocycles. The van der Waals surface area contributed by atoms with Crippen LogP contribution >= 0.6 is 23.4 Å². The van der Waals surface area contributed by atoms with E-state index in [9.17, 15) is 17.2 Å². The molecular formula is C35H35ClF3N3O3S2. The highest BCUT2D eigenvalue weighted by atomic mass is 35.5. The smallest absolute Gasteiger partial charge is 0.240 e. The van der Waals surface area contributed by atoms with Crippen LogP contribution in [0.2, 0.25) is 5.02 Å². The van der Waals surface area contributed by atoms with Crippen molar-refractivity contribution in [3.05, 3.63) is 137 Å². The molecule has 0 aliphatic carbocycles. The van der Waals surface area contributed by atoms with E-state index in [1.165, 1.54) is 43.1 Å². The van der Waals surface area contributed by atoms with Crippen molar-refractivity contribution < 1.29 is 26.3 Å². The summed E-state index contributed by atoms with van der Waals surface area (Å²) < 4.78 is 79.0. The third-order valence-corrected chi connectivity index (χ3v) is 10.4. The fourth-order valence-corrected chi connectivity index (χ4v) is 7.37. The first-order chi connectivity index (χ1) is 22.3. The lowest BCUT2D eigenvalue weighted by Crippen LogP contribution is -2.25. The number of halogens is 4. The van der Waals surface area contributed by atoms with E-state index in [1.54, 1.807) is 42.6 Å². The number of hydrogen-bond acceptors (Lipinski definition) is 5. The number of benzene rings is 3. The second-order valence-corrected chi connectivity index (χ2v) is 14.1. The summed E-state index contributed by atoms with van der Waals surface area (Å²) in [5, 5.41) is 0.396. The van der Waals surface area contributed by atoms with Crippen LogP contribution in [-0.4, -0.2) is 31.6 Å². The number of nitrogens with zero attached hydrogens (tertiary/aromatic N) is 2. The largest absolute Gasteiger partial charge is 0.494 e. The molecule has 0 unspecified atom stereocenters. The predicted molar refractivity (Wildman–Crippen MR) is 182 cm³/mol. The maximum Gasteiger partial charge on any atom is 0.240 e. The van der Waals surface area contributed by atoms with E-state index in [2.05, 4.69) is 16.3 Å². The minimum Gasteiger partial charge on any atom is -0.494 e. The fraction of sp³-hybridized carbons (Fsp3) is 0.229. The van der Waals surface area contributed by atoms with Crippen LogP contribution < -0.4 is 9.46 Å². The van der Waals surface area contributed by atoms with Gasteiger partial charge >= 0.3 is 0 Å². The van der Waals surface area contributed by atoms with Crippen molar-refractivity contribution in [3.8, 4) is 11.4 Å². The van der Waals surface area contributed by atoms with Crippen LogP contribution in [0.5, 0.6) is 5.75 Å². The van der Waals surface area contributed by atoms with Crippen LogP contribution in [0.4, 0.5) is 13.2 Å². The van der Waals surface area contributed by atoms with Gasteiger partial charge < -0.3 is 4.74 Å². The molecule has 0 fully saturated rings. The highest BCUT2D eigenvalue weighted by Gasteiger charge is 2.31. The number of imidazole rings is 1.